The molecule has 2 aromatic carbocycles. The molecule has 1 heterocycles. The van der Waals surface area contributed by atoms with E-state index in [2.05, 4.69) is 4.90 Å². The summed E-state index contributed by atoms with van der Waals surface area (Å²) in [6.07, 6.45) is 1.29. The Kier molecular flexibility index (Phi) is 8.60. The molecule has 0 aliphatic rings. The first kappa shape index (κ1) is 23.9. The van der Waals surface area contributed by atoms with E-state index in [0.717, 1.165) is 45.4 Å². The fraction of sp³-hybridized carbons (Fsp3) is 0.391. The van der Waals surface area contributed by atoms with Crippen LogP contribution in [-0.4, -0.2) is 55.8 Å². The summed E-state index contributed by atoms with van der Waals surface area (Å²) in [6, 6.07) is 11.9. The molecule has 0 unspecified atom stereocenters. The number of nitrogens with zero attached hydrogens (tertiary/aromatic N) is 3. The topological polar surface area (TPSA) is 45.7 Å². The number of methoxy groups -OCH3 is 1. The van der Waals surface area contributed by atoms with Crippen molar-refractivity contribution in [2.75, 3.05) is 44.9 Å². The normalized spacial score (nSPS) is 11.3. The van der Waals surface area contributed by atoms with Gasteiger partial charge in [-0.05, 0) is 69.1 Å². The number of likely N-dealkylation sites (N-methyl/N-ethyl adjacent to an activating group) is 1. The molecule has 0 radical (unpaired) electrons. The third-order valence-corrected chi connectivity index (χ3v) is 7.49. The Balaban J connectivity index is 1.66. The second-order valence-corrected chi connectivity index (χ2v) is 10.1. The third kappa shape index (κ3) is 6.35. The maximum Gasteiger partial charge on any atom is 0.228 e. The van der Waals surface area contributed by atoms with Crippen molar-refractivity contribution in [2.24, 2.45) is 0 Å². The zero-order valence-corrected chi connectivity index (χ0v) is 20.7. The van der Waals surface area contributed by atoms with Gasteiger partial charge in [-0.25, -0.2) is 4.98 Å². The van der Waals surface area contributed by atoms with Crippen molar-refractivity contribution < 1.29 is 9.53 Å². The lowest BCUT2D eigenvalue weighted by molar-refractivity contribution is -0.118. The summed E-state index contributed by atoms with van der Waals surface area (Å²) in [4.78, 5) is 22.9. The van der Waals surface area contributed by atoms with Crippen LogP contribution in [0, 0.1) is 6.92 Å². The summed E-state index contributed by atoms with van der Waals surface area (Å²) >= 11 is 9.62. The highest BCUT2D eigenvalue weighted by Gasteiger charge is 2.21. The Bertz CT molecular complexity index is 983. The monoisotopic (exact) mass is 477 g/mol. The number of aromatic nitrogens is 1. The van der Waals surface area contributed by atoms with E-state index in [-0.39, 0.29) is 5.91 Å². The smallest absolute Gasteiger partial charge is 0.228 e. The average molecular weight is 478 g/mol. The van der Waals surface area contributed by atoms with E-state index < -0.39 is 0 Å². The number of halogens is 1. The minimum Gasteiger partial charge on any atom is -0.497 e. The van der Waals surface area contributed by atoms with Crippen LogP contribution in [0.2, 0.25) is 5.02 Å². The number of carbonyl (C=O) groups is 1. The first-order valence-electron chi connectivity index (χ1n) is 10.2. The predicted octanol–water partition coefficient (Wildman–Crippen LogP) is 5.73. The fourth-order valence-corrected chi connectivity index (χ4v) is 5.27. The van der Waals surface area contributed by atoms with Crippen molar-refractivity contribution in [3.63, 3.8) is 0 Å². The van der Waals surface area contributed by atoms with Crippen LogP contribution in [0.1, 0.15) is 18.4 Å². The van der Waals surface area contributed by atoms with E-state index in [1.165, 1.54) is 16.2 Å². The number of rotatable bonds is 10. The largest absolute Gasteiger partial charge is 0.497 e. The van der Waals surface area contributed by atoms with Crippen molar-refractivity contribution in [3.05, 3.63) is 47.0 Å². The molecule has 31 heavy (non-hydrogen) atoms. The quantitative estimate of drug-likeness (QED) is 0.275. The lowest BCUT2D eigenvalue weighted by Gasteiger charge is -2.22. The Morgan fingerprint density at radius 2 is 1.90 bits per heavy atom. The van der Waals surface area contributed by atoms with Crippen LogP contribution < -0.4 is 9.64 Å². The van der Waals surface area contributed by atoms with Gasteiger partial charge < -0.3 is 9.64 Å². The van der Waals surface area contributed by atoms with E-state index in [1.807, 2.05) is 62.3 Å². The van der Waals surface area contributed by atoms with Crippen LogP contribution in [0.5, 0.6) is 5.75 Å². The van der Waals surface area contributed by atoms with E-state index in [1.54, 1.807) is 18.9 Å². The number of benzene rings is 2. The van der Waals surface area contributed by atoms with E-state index in [9.17, 15) is 4.79 Å². The molecule has 0 aliphatic carbocycles. The number of anilines is 1. The maximum atomic E-state index is 13.1. The number of fused-ring (bicyclic) bond motifs is 1. The molecule has 0 saturated heterocycles. The van der Waals surface area contributed by atoms with Crippen LogP contribution in [0.3, 0.4) is 0 Å². The van der Waals surface area contributed by atoms with Gasteiger partial charge in [0.1, 0.15) is 5.75 Å². The van der Waals surface area contributed by atoms with Gasteiger partial charge in [-0.2, -0.15) is 0 Å². The van der Waals surface area contributed by atoms with Gasteiger partial charge >= 0.3 is 0 Å². The molecule has 1 aromatic heterocycles. The predicted molar refractivity (Wildman–Crippen MR) is 133 cm³/mol. The van der Waals surface area contributed by atoms with Gasteiger partial charge in [0.15, 0.2) is 5.13 Å². The van der Waals surface area contributed by atoms with Gasteiger partial charge in [0.25, 0.3) is 0 Å². The summed E-state index contributed by atoms with van der Waals surface area (Å²) in [5.41, 5.74) is 1.95. The number of aryl methyl sites for hydroxylation is 1. The summed E-state index contributed by atoms with van der Waals surface area (Å²) < 4.78 is 6.13. The Hall–Kier alpha value is -1.80. The number of thiazole rings is 1. The van der Waals surface area contributed by atoms with Crippen LogP contribution >= 0.6 is 34.7 Å². The lowest BCUT2D eigenvalue weighted by atomic mass is 10.2. The van der Waals surface area contributed by atoms with E-state index >= 15 is 0 Å². The molecule has 0 aliphatic heterocycles. The lowest BCUT2D eigenvalue weighted by Crippen LogP contribution is -2.36. The molecule has 0 fully saturated rings. The minimum absolute atomic E-state index is 0.102. The number of carbonyl (C=O) groups excluding carboxylic acids is 1. The fourth-order valence-electron chi connectivity index (χ4n) is 3.05. The van der Waals surface area contributed by atoms with Crippen molar-refractivity contribution >= 4 is 56.0 Å². The van der Waals surface area contributed by atoms with Crippen molar-refractivity contribution in [2.45, 2.75) is 24.7 Å². The summed E-state index contributed by atoms with van der Waals surface area (Å²) in [5, 5.41) is 1.40. The van der Waals surface area contributed by atoms with Gasteiger partial charge in [-0.1, -0.05) is 29.0 Å². The molecule has 0 N–H and O–H groups in total. The molecule has 166 valence electrons. The zero-order chi connectivity index (χ0) is 22.4. The number of amides is 1. The molecule has 1 amide bonds. The van der Waals surface area contributed by atoms with E-state index in [0.29, 0.717) is 18.0 Å². The number of hydrogen-bond donors (Lipinski definition) is 0. The van der Waals surface area contributed by atoms with Crippen molar-refractivity contribution in [3.8, 4) is 5.75 Å². The zero-order valence-electron chi connectivity index (χ0n) is 18.4. The molecule has 3 aromatic rings. The van der Waals surface area contributed by atoms with Crippen LogP contribution in [0.15, 0.2) is 41.3 Å². The Labute approximate surface area is 197 Å². The highest BCUT2D eigenvalue weighted by Crippen LogP contribution is 2.36. The van der Waals surface area contributed by atoms with Gasteiger partial charge in [-0.15, -0.1) is 11.8 Å². The second-order valence-electron chi connectivity index (χ2n) is 7.51. The number of hydrogen-bond acceptors (Lipinski definition) is 6. The molecule has 3 rings (SSSR count). The summed E-state index contributed by atoms with van der Waals surface area (Å²) in [6.45, 7) is 3.40. The van der Waals surface area contributed by atoms with Crippen LogP contribution in [-0.2, 0) is 4.79 Å². The summed E-state index contributed by atoms with van der Waals surface area (Å²) in [7, 11) is 5.68. The molecule has 0 saturated carbocycles. The number of ether oxygens (including phenoxy) is 1. The Morgan fingerprint density at radius 1 is 1.16 bits per heavy atom. The van der Waals surface area contributed by atoms with Crippen LogP contribution in [0.25, 0.3) is 10.2 Å². The SMILES string of the molecule is COc1ccc(SCCCC(=O)N(CCN(C)C)c2nc3c(C)ccc(Cl)c3s2)cc1. The first-order valence-corrected chi connectivity index (χ1v) is 12.3. The Morgan fingerprint density at radius 3 is 2.55 bits per heavy atom. The molecular formula is C23H28ClN3O2S2. The van der Waals surface area contributed by atoms with Crippen molar-refractivity contribution in [1.82, 2.24) is 9.88 Å². The maximum absolute atomic E-state index is 13.1. The molecule has 0 atom stereocenters. The minimum atomic E-state index is 0.102. The molecule has 5 nitrogen and oxygen atoms in total. The van der Waals surface area contributed by atoms with Crippen molar-refractivity contribution in [1.29, 1.82) is 0 Å². The molecule has 0 spiro atoms. The molecule has 0 bridgehead atoms. The highest BCUT2D eigenvalue weighted by atomic mass is 35.5. The molecule has 8 heteroatoms. The highest BCUT2D eigenvalue weighted by molar-refractivity contribution is 7.99. The standard InChI is InChI=1S/C23H28ClN3O2S2/c1-16-7-12-19(24)22-21(16)25-23(31-22)27(14-13-26(2)3)20(28)6-5-15-30-18-10-8-17(29-4)9-11-18/h7-12H,5-6,13-15H2,1-4H3. The van der Waals surface area contributed by atoms with E-state index in [4.69, 9.17) is 21.3 Å². The third-order valence-electron chi connectivity index (χ3n) is 4.85. The van der Waals surface area contributed by atoms with Crippen LogP contribution in [0.4, 0.5) is 5.13 Å². The van der Waals surface area contributed by atoms with Gasteiger partial charge in [-0.3, -0.25) is 9.69 Å². The van der Waals surface area contributed by atoms with Gasteiger partial charge in [0.05, 0.1) is 22.3 Å². The average Bonchev–Trinajstić information content (AvgIpc) is 3.21. The second kappa shape index (κ2) is 11.2. The van der Waals surface area contributed by atoms with Gasteiger partial charge in [0.2, 0.25) is 5.91 Å². The summed E-state index contributed by atoms with van der Waals surface area (Å²) in [5.74, 6) is 1.83. The molecular weight excluding hydrogens is 450 g/mol. The van der Waals surface area contributed by atoms with Gasteiger partial charge in [0, 0.05) is 24.4 Å². The number of thioether (sulfide) groups is 1. The first-order chi connectivity index (χ1) is 14.9.